The van der Waals surface area contributed by atoms with Crippen molar-refractivity contribution in [2.75, 3.05) is 12.5 Å². The first-order valence-corrected chi connectivity index (χ1v) is 11.6. The van der Waals surface area contributed by atoms with Crippen molar-refractivity contribution >= 4 is 27.5 Å². The highest BCUT2D eigenvalue weighted by atomic mass is 32.2. The molecule has 0 saturated carbocycles. The predicted molar refractivity (Wildman–Crippen MR) is 125 cm³/mol. The van der Waals surface area contributed by atoms with Crippen LogP contribution in [0.2, 0.25) is 0 Å². The van der Waals surface area contributed by atoms with Crippen LogP contribution in [0.5, 0.6) is 0 Å². The number of nitrogens with zero attached hydrogens (tertiary/aromatic N) is 1. The average molecular weight is 428 g/mol. The van der Waals surface area contributed by atoms with Gasteiger partial charge in [0.2, 0.25) is 5.91 Å². The van der Waals surface area contributed by atoms with Crippen molar-refractivity contribution in [1.29, 1.82) is 0 Å². The van der Waals surface area contributed by atoms with E-state index in [9.17, 15) is 13.8 Å². The van der Waals surface area contributed by atoms with Gasteiger partial charge < -0.3 is 16.0 Å². The van der Waals surface area contributed by atoms with Gasteiger partial charge in [0.05, 0.1) is 0 Å². The zero-order valence-electron chi connectivity index (χ0n) is 17.8. The Kier molecular flexibility index (Phi) is 8.08. The maximum absolute atomic E-state index is 13.1. The number of fused-ring (bicyclic) bond motifs is 1. The predicted octanol–water partition coefficient (Wildman–Crippen LogP) is 2.88. The zero-order valence-corrected chi connectivity index (χ0v) is 18.7. The third kappa shape index (κ3) is 5.43. The van der Waals surface area contributed by atoms with E-state index >= 15 is 0 Å². The van der Waals surface area contributed by atoms with E-state index in [1.165, 1.54) is 0 Å². The number of benzene rings is 2. The first-order chi connectivity index (χ1) is 14.2. The van der Waals surface area contributed by atoms with Crippen molar-refractivity contribution in [2.45, 2.75) is 26.9 Å². The van der Waals surface area contributed by atoms with Gasteiger partial charge >= 0.3 is 0 Å². The van der Waals surface area contributed by atoms with Crippen LogP contribution in [-0.4, -0.2) is 27.2 Å². The molecule has 0 saturated heterocycles. The molecule has 3 aromatic rings. The molecule has 4 N–H and O–H groups in total. The molecule has 160 valence electrons. The number of pyridine rings is 1. The molecule has 0 aliphatic heterocycles. The number of carbonyl (C=O) groups is 1. The minimum Gasteiger partial charge on any atom is -0.366 e. The number of rotatable bonds is 5. The van der Waals surface area contributed by atoms with Crippen molar-refractivity contribution in [1.82, 2.24) is 4.57 Å². The fourth-order valence-electron chi connectivity index (χ4n) is 3.35. The van der Waals surface area contributed by atoms with Gasteiger partial charge in [0, 0.05) is 58.6 Å². The van der Waals surface area contributed by atoms with E-state index < -0.39 is 16.7 Å². The molecule has 0 fully saturated rings. The van der Waals surface area contributed by atoms with Gasteiger partial charge in [-0.1, -0.05) is 44.2 Å². The van der Waals surface area contributed by atoms with Gasteiger partial charge in [0.25, 0.3) is 5.56 Å². The summed E-state index contributed by atoms with van der Waals surface area (Å²) >= 11 is 0. The summed E-state index contributed by atoms with van der Waals surface area (Å²) in [7, 11) is -0.611. The summed E-state index contributed by atoms with van der Waals surface area (Å²) in [6, 6.07) is 14.8. The molecule has 0 unspecified atom stereocenters. The van der Waals surface area contributed by atoms with Crippen LogP contribution >= 0.6 is 0 Å². The Bertz CT molecular complexity index is 1120. The fourth-order valence-corrected chi connectivity index (χ4v) is 3.35. The number of hydrogen-bond donors (Lipinski definition) is 2. The van der Waals surface area contributed by atoms with Crippen molar-refractivity contribution < 1.29 is 9.00 Å². The topological polar surface area (TPSA) is 108 Å². The van der Waals surface area contributed by atoms with Gasteiger partial charge in [-0.15, -0.1) is 0 Å². The highest BCUT2D eigenvalue weighted by Gasteiger charge is 2.18. The molecule has 2 aromatic carbocycles. The van der Waals surface area contributed by atoms with Crippen molar-refractivity contribution in [3.8, 4) is 11.1 Å². The minimum absolute atomic E-state index is 0.0927. The normalized spacial score (nSPS) is 10.9. The van der Waals surface area contributed by atoms with Crippen molar-refractivity contribution in [2.24, 2.45) is 17.4 Å². The summed E-state index contributed by atoms with van der Waals surface area (Å²) in [6.07, 6.45) is 3.28. The summed E-state index contributed by atoms with van der Waals surface area (Å²) in [5.41, 5.74) is 14.4. The monoisotopic (exact) mass is 427 g/mol. The number of primary amides is 1. The van der Waals surface area contributed by atoms with Crippen LogP contribution in [0.1, 0.15) is 29.9 Å². The van der Waals surface area contributed by atoms with Gasteiger partial charge in [0.1, 0.15) is 0 Å². The summed E-state index contributed by atoms with van der Waals surface area (Å²) < 4.78 is 11.3. The molecule has 0 bridgehead atoms. The average Bonchev–Trinajstić information content (AvgIpc) is 2.69. The van der Waals surface area contributed by atoms with Gasteiger partial charge in [-0.2, -0.15) is 0 Å². The summed E-state index contributed by atoms with van der Waals surface area (Å²) in [4.78, 5) is 24.8. The molecule has 7 heteroatoms. The lowest BCUT2D eigenvalue weighted by Gasteiger charge is -2.20. The van der Waals surface area contributed by atoms with Crippen LogP contribution < -0.4 is 17.0 Å². The largest absolute Gasteiger partial charge is 0.366 e. The van der Waals surface area contributed by atoms with Crippen LogP contribution in [0.3, 0.4) is 0 Å². The Morgan fingerprint density at radius 3 is 2.17 bits per heavy atom. The van der Waals surface area contributed by atoms with Crippen LogP contribution in [0, 0.1) is 5.92 Å². The summed E-state index contributed by atoms with van der Waals surface area (Å²) in [5, 5.41) is 1.27. The molecule has 0 aliphatic rings. The van der Waals surface area contributed by atoms with E-state index in [2.05, 4.69) is 13.8 Å². The minimum atomic E-state index is -0.611. The van der Waals surface area contributed by atoms with E-state index in [1.54, 1.807) is 35.3 Å². The van der Waals surface area contributed by atoms with Crippen LogP contribution in [0.4, 0.5) is 0 Å². The third-order valence-electron chi connectivity index (χ3n) is 4.47. The van der Waals surface area contributed by atoms with E-state index in [0.29, 0.717) is 28.8 Å². The molecular weight excluding hydrogens is 398 g/mol. The van der Waals surface area contributed by atoms with Gasteiger partial charge in [0.15, 0.2) is 0 Å². The maximum Gasteiger partial charge on any atom is 0.258 e. The van der Waals surface area contributed by atoms with Crippen LogP contribution in [-0.2, 0) is 23.9 Å². The first-order valence-electron chi connectivity index (χ1n) is 9.67. The fraction of sp³-hybridized carbons (Fsp3) is 0.304. The SMILES string of the molecule is CC(C)Cn1c(CN)c(-c2ccccc2)c2cc(C(N)=O)ccc2c1=O.CS(C)=O. The van der Waals surface area contributed by atoms with Crippen LogP contribution in [0.25, 0.3) is 21.9 Å². The Morgan fingerprint density at radius 1 is 1.07 bits per heavy atom. The molecule has 0 radical (unpaired) electrons. The highest BCUT2D eigenvalue weighted by Crippen LogP contribution is 2.31. The van der Waals surface area contributed by atoms with Gasteiger partial charge in [-0.05, 0) is 35.1 Å². The smallest absolute Gasteiger partial charge is 0.258 e. The zero-order chi connectivity index (χ0) is 22.4. The summed E-state index contributed by atoms with van der Waals surface area (Å²) in [5.74, 6) is -0.226. The molecule has 0 atom stereocenters. The van der Waals surface area contributed by atoms with Crippen molar-refractivity contribution in [3.05, 3.63) is 70.1 Å². The first kappa shape index (κ1) is 23.5. The van der Waals surface area contributed by atoms with Gasteiger partial charge in [-0.3, -0.25) is 13.8 Å². The molecule has 30 heavy (non-hydrogen) atoms. The van der Waals surface area contributed by atoms with Gasteiger partial charge in [-0.25, -0.2) is 0 Å². The summed E-state index contributed by atoms with van der Waals surface area (Å²) in [6.45, 7) is 4.94. The molecule has 0 spiro atoms. The number of carbonyl (C=O) groups excluding carboxylic acids is 1. The second-order valence-electron chi connectivity index (χ2n) is 7.57. The molecule has 1 heterocycles. The quantitative estimate of drug-likeness (QED) is 0.652. The standard InChI is InChI=1S/C21H23N3O2.C2H6OS/c1-13(2)12-24-18(11-22)19(14-6-4-3-5-7-14)17-10-15(20(23)25)8-9-16(17)21(24)26;1-4(2)3/h3-10,13H,11-12,22H2,1-2H3,(H2,23,25);1-2H3. The van der Waals surface area contributed by atoms with E-state index in [-0.39, 0.29) is 12.1 Å². The number of amides is 1. The Labute approximate surface area is 179 Å². The number of aromatic nitrogens is 1. The second kappa shape index (κ2) is 10.3. The molecule has 6 nitrogen and oxygen atoms in total. The van der Waals surface area contributed by atoms with E-state index in [1.807, 2.05) is 30.3 Å². The van der Waals surface area contributed by atoms with Crippen LogP contribution in [0.15, 0.2) is 53.3 Å². The highest BCUT2D eigenvalue weighted by molar-refractivity contribution is 7.83. The molecule has 1 aromatic heterocycles. The number of nitrogens with two attached hydrogens (primary N) is 2. The van der Waals surface area contributed by atoms with E-state index in [4.69, 9.17) is 11.5 Å². The molecule has 0 aliphatic carbocycles. The lowest BCUT2D eigenvalue weighted by atomic mass is 9.95. The van der Waals surface area contributed by atoms with Crippen molar-refractivity contribution in [3.63, 3.8) is 0 Å². The molecule has 1 amide bonds. The molecule has 3 rings (SSSR count). The Balaban J connectivity index is 0.000000735. The lowest BCUT2D eigenvalue weighted by Crippen LogP contribution is -2.28. The Hall–Kier alpha value is -2.77. The third-order valence-corrected chi connectivity index (χ3v) is 4.47. The van der Waals surface area contributed by atoms with E-state index in [0.717, 1.165) is 16.8 Å². The molecular formula is C23H29N3O3S. The lowest BCUT2D eigenvalue weighted by molar-refractivity contribution is 0.100. The number of hydrogen-bond acceptors (Lipinski definition) is 4. The Morgan fingerprint density at radius 2 is 1.67 bits per heavy atom. The maximum atomic E-state index is 13.1. The second-order valence-corrected chi connectivity index (χ2v) is 9.05.